The van der Waals surface area contributed by atoms with Crippen LogP contribution in [0.5, 0.6) is 0 Å². The van der Waals surface area contributed by atoms with Crippen molar-refractivity contribution in [3.63, 3.8) is 0 Å². The Morgan fingerprint density at radius 3 is 2.23 bits per heavy atom. The summed E-state index contributed by atoms with van der Waals surface area (Å²) in [4.78, 5) is 1.68. The molecule has 7 heteroatoms. The first-order valence-electron chi connectivity index (χ1n) is 7.01. The first-order valence-corrected chi connectivity index (χ1v) is 7.01. The highest BCUT2D eigenvalue weighted by Gasteiger charge is 2.42. The van der Waals surface area contributed by atoms with Crippen LogP contribution < -0.4 is 0 Å². The minimum Gasteiger partial charge on any atom is -0.389 e. The lowest BCUT2D eigenvalue weighted by Crippen LogP contribution is -2.37. The van der Waals surface area contributed by atoms with Crippen LogP contribution in [-0.4, -0.2) is 48.8 Å². The number of benzene rings is 1. The summed E-state index contributed by atoms with van der Waals surface area (Å²) in [5, 5.41) is 9.50. The van der Waals surface area contributed by atoms with Crippen molar-refractivity contribution in [3.05, 3.63) is 35.9 Å². The highest BCUT2D eigenvalue weighted by molar-refractivity contribution is 5.14. The number of ether oxygens (including phenoxy) is 1. The molecule has 1 atom stereocenters. The number of nitrogens with zero attached hydrogens (tertiary/aromatic N) is 1. The van der Waals surface area contributed by atoms with Gasteiger partial charge in [0.2, 0.25) is 0 Å². The molecule has 0 spiro atoms. The molecule has 0 aliphatic carbocycles. The van der Waals surface area contributed by atoms with Gasteiger partial charge in [0.15, 0.2) is 0 Å². The van der Waals surface area contributed by atoms with Gasteiger partial charge in [0, 0.05) is 13.1 Å². The van der Waals surface area contributed by atoms with Gasteiger partial charge in [-0.25, -0.2) is 8.78 Å². The molecule has 0 saturated carbocycles. The average Bonchev–Trinajstić information content (AvgIpc) is 2.48. The van der Waals surface area contributed by atoms with Crippen molar-refractivity contribution < 1.29 is 27.4 Å². The van der Waals surface area contributed by atoms with Gasteiger partial charge in [-0.2, -0.15) is 8.78 Å². The Kier molecular flexibility index (Phi) is 9.97. The Morgan fingerprint density at radius 2 is 1.73 bits per heavy atom. The van der Waals surface area contributed by atoms with Crippen LogP contribution in [0.4, 0.5) is 17.6 Å². The number of aliphatic hydroxyl groups excluding tert-OH is 1. The molecule has 128 valence electrons. The van der Waals surface area contributed by atoms with Gasteiger partial charge in [-0.15, -0.1) is 0 Å². The molecule has 0 fully saturated rings. The van der Waals surface area contributed by atoms with Crippen molar-refractivity contribution in [1.82, 2.24) is 4.90 Å². The summed E-state index contributed by atoms with van der Waals surface area (Å²) in [5.74, 6) is 0. The van der Waals surface area contributed by atoms with Crippen LogP contribution in [0.25, 0.3) is 0 Å². The topological polar surface area (TPSA) is 32.7 Å². The van der Waals surface area contributed by atoms with Gasteiger partial charge in [-0.05, 0) is 12.6 Å². The smallest absolute Gasteiger partial charge is 0.389 e. The molecule has 0 aromatic heterocycles. The maximum atomic E-state index is 12.5. The molecule has 1 unspecified atom stereocenters. The number of hydrogen-bond acceptors (Lipinski definition) is 3. The third-order valence-electron chi connectivity index (χ3n) is 2.54. The molecule has 0 bridgehead atoms. The molecule has 0 aliphatic heterocycles. The monoisotopic (exact) mass is 325 g/mol. The zero-order chi connectivity index (χ0) is 17.2. The number of halogens is 4. The second-order valence-corrected chi connectivity index (χ2v) is 4.51. The molecule has 0 saturated heterocycles. The van der Waals surface area contributed by atoms with Crippen molar-refractivity contribution in [2.75, 3.05) is 20.2 Å². The second-order valence-electron chi connectivity index (χ2n) is 4.51. The van der Waals surface area contributed by atoms with Gasteiger partial charge in [0.1, 0.15) is 0 Å². The predicted octanol–water partition coefficient (Wildman–Crippen LogP) is 3.38. The van der Waals surface area contributed by atoms with E-state index in [2.05, 4.69) is 4.74 Å². The van der Waals surface area contributed by atoms with Crippen LogP contribution in [0.3, 0.4) is 0 Å². The van der Waals surface area contributed by atoms with E-state index in [1.54, 1.807) is 11.9 Å². The molecule has 0 radical (unpaired) electrons. The maximum absolute atomic E-state index is 12.5. The average molecular weight is 325 g/mol. The van der Waals surface area contributed by atoms with Crippen LogP contribution in [0.1, 0.15) is 19.4 Å². The van der Waals surface area contributed by atoms with Crippen molar-refractivity contribution in [3.8, 4) is 0 Å². The molecular weight excluding hydrogens is 302 g/mol. The summed E-state index contributed by atoms with van der Waals surface area (Å²) < 4.78 is 52.4. The van der Waals surface area contributed by atoms with Crippen LogP contribution in [-0.2, 0) is 11.3 Å². The van der Waals surface area contributed by atoms with Crippen molar-refractivity contribution in [2.45, 2.75) is 39.0 Å². The van der Waals surface area contributed by atoms with Crippen LogP contribution in [0.2, 0.25) is 0 Å². The quantitative estimate of drug-likeness (QED) is 0.744. The first-order chi connectivity index (χ1) is 10.3. The summed E-state index contributed by atoms with van der Waals surface area (Å²) >= 11 is 0. The molecule has 0 heterocycles. The molecule has 22 heavy (non-hydrogen) atoms. The second kappa shape index (κ2) is 10.5. The van der Waals surface area contributed by atoms with E-state index < -0.39 is 25.2 Å². The standard InChI is InChI=1S/C13H17F4NO2.C2H6/c1-18(7-10-5-3-2-4-6-10)8-11(19)9-20-13(16,17)12(14)15;1-2/h2-6,11-12,19H,7-9H2,1H3;1-2H3. The first kappa shape index (κ1) is 20.8. The van der Waals surface area contributed by atoms with Gasteiger partial charge >= 0.3 is 12.5 Å². The van der Waals surface area contributed by atoms with Crippen molar-refractivity contribution in [2.24, 2.45) is 0 Å². The summed E-state index contributed by atoms with van der Waals surface area (Å²) in [7, 11) is 1.68. The Hall–Kier alpha value is -1.18. The zero-order valence-electron chi connectivity index (χ0n) is 13.0. The summed E-state index contributed by atoms with van der Waals surface area (Å²) in [6.45, 7) is 3.69. The Morgan fingerprint density at radius 1 is 1.18 bits per heavy atom. The predicted molar refractivity (Wildman–Crippen MR) is 77.0 cm³/mol. The van der Waals surface area contributed by atoms with Crippen LogP contribution in [0.15, 0.2) is 30.3 Å². The third-order valence-corrected chi connectivity index (χ3v) is 2.54. The van der Waals surface area contributed by atoms with E-state index in [1.807, 2.05) is 44.2 Å². The minimum atomic E-state index is -4.53. The molecule has 3 nitrogen and oxygen atoms in total. The van der Waals surface area contributed by atoms with Crippen LogP contribution in [0, 0.1) is 0 Å². The van der Waals surface area contributed by atoms with Crippen molar-refractivity contribution >= 4 is 0 Å². The van der Waals surface area contributed by atoms with E-state index in [1.165, 1.54) is 0 Å². The van der Waals surface area contributed by atoms with Gasteiger partial charge in [0.05, 0.1) is 12.7 Å². The minimum absolute atomic E-state index is 0.0359. The lowest BCUT2D eigenvalue weighted by molar-refractivity contribution is -0.306. The van der Waals surface area contributed by atoms with E-state index in [0.717, 1.165) is 5.56 Å². The molecular formula is C15H23F4NO2. The maximum Gasteiger partial charge on any atom is 0.416 e. The highest BCUT2D eigenvalue weighted by Crippen LogP contribution is 2.24. The van der Waals surface area contributed by atoms with E-state index in [9.17, 15) is 22.7 Å². The summed E-state index contributed by atoms with van der Waals surface area (Å²) in [6.07, 6.45) is -9.70. The molecule has 1 aromatic rings. The van der Waals surface area contributed by atoms with Gasteiger partial charge < -0.3 is 9.84 Å². The Bertz CT molecular complexity index is 390. The molecule has 1 rings (SSSR count). The zero-order valence-corrected chi connectivity index (χ0v) is 13.0. The summed E-state index contributed by atoms with van der Waals surface area (Å²) in [6, 6.07) is 9.32. The van der Waals surface area contributed by atoms with E-state index >= 15 is 0 Å². The van der Waals surface area contributed by atoms with Gasteiger partial charge in [0.25, 0.3) is 0 Å². The molecule has 0 aliphatic rings. The Balaban J connectivity index is 0.00000211. The number of rotatable bonds is 8. The SMILES string of the molecule is CC.CN(Cc1ccccc1)CC(O)COC(F)(F)C(F)F. The number of aliphatic hydroxyl groups is 1. The largest absolute Gasteiger partial charge is 0.416 e. The van der Waals surface area contributed by atoms with E-state index in [4.69, 9.17) is 0 Å². The molecule has 1 aromatic carbocycles. The van der Waals surface area contributed by atoms with E-state index in [0.29, 0.717) is 6.54 Å². The highest BCUT2D eigenvalue weighted by atomic mass is 19.3. The normalized spacial score (nSPS) is 13.0. The van der Waals surface area contributed by atoms with E-state index in [-0.39, 0.29) is 6.54 Å². The number of hydrogen-bond donors (Lipinski definition) is 1. The fraction of sp³-hybridized carbons (Fsp3) is 0.600. The van der Waals surface area contributed by atoms with Gasteiger partial charge in [-0.1, -0.05) is 44.2 Å². The molecule has 0 amide bonds. The number of likely N-dealkylation sites (N-methyl/N-ethyl adjacent to an activating group) is 1. The fourth-order valence-electron chi connectivity index (χ4n) is 1.64. The fourth-order valence-corrected chi connectivity index (χ4v) is 1.64. The lowest BCUT2D eigenvalue weighted by Gasteiger charge is -2.22. The molecule has 1 N–H and O–H groups in total. The summed E-state index contributed by atoms with van der Waals surface area (Å²) in [5.41, 5.74) is 0.987. The Labute approximate surface area is 128 Å². The lowest BCUT2D eigenvalue weighted by atomic mass is 10.2. The van der Waals surface area contributed by atoms with Gasteiger partial charge in [-0.3, -0.25) is 4.90 Å². The number of alkyl halides is 4. The third kappa shape index (κ3) is 8.31. The van der Waals surface area contributed by atoms with Crippen molar-refractivity contribution in [1.29, 1.82) is 0 Å². The van der Waals surface area contributed by atoms with Crippen LogP contribution >= 0.6 is 0 Å².